The molecule has 1 aromatic rings. The summed E-state index contributed by atoms with van der Waals surface area (Å²) >= 11 is 0. The Balaban J connectivity index is 1.53. The van der Waals surface area contributed by atoms with Crippen LogP contribution in [-0.4, -0.2) is 49.1 Å². The van der Waals surface area contributed by atoms with Crippen LogP contribution in [0.5, 0.6) is 0 Å². The van der Waals surface area contributed by atoms with Gasteiger partial charge < -0.3 is 16.0 Å². The molecule has 0 spiro atoms. The van der Waals surface area contributed by atoms with Gasteiger partial charge in [-0.15, -0.1) is 0 Å². The molecule has 0 bridgehead atoms. The summed E-state index contributed by atoms with van der Waals surface area (Å²) < 4.78 is 13.7. The van der Waals surface area contributed by atoms with Crippen LogP contribution in [0.3, 0.4) is 0 Å². The monoisotopic (exact) mass is 348 g/mol. The number of carbonyl (C=O) groups excluding carboxylic acids is 2. The maximum atomic E-state index is 13.7. The van der Waals surface area contributed by atoms with E-state index in [0.717, 1.165) is 19.5 Å². The largest absolute Gasteiger partial charge is 0.355 e. The molecule has 3 amide bonds. The van der Waals surface area contributed by atoms with Crippen molar-refractivity contribution in [2.24, 2.45) is 0 Å². The third-order valence-electron chi connectivity index (χ3n) is 5.09. The minimum Gasteiger partial charge on any atom is -0.355 e. The second kappa shape index (κ2) is 7.82. The van der Waals surface area contributed by atoms with Crippen molar-refractivity contribution in [2.75, 3.05) is 25.5 Å². The minimum absolute atomic E-state index is 0.0893. The van der Waals surface area contributed by atoms with Gasteiger partial charge in [-0.25, -0.2) is 9.18 Å². The van der Waals surface area contributed by atoms with Gasteiger partial charge in [-0.1, -0.05) is 12.8 Å². The normalized spacial score (nSPS) is 21.3. The average molecular weight is 348 g/mol. The number of rotatable bonds is 4. The summed E-state index contributed by atoms with van der Waals surface area (Å²) in [5.74, 6) is -1.14. The van der Waals surface area contributed by atoms with Crippen molar-refractivity contribution in [1.82, 2.24) is 15.5 Å². The first-order valence-electron chi connectivity index (χ1n) is 8.90. The number of nitrogens with one attached hydrogen (secondary N) is 3. The summed E-state index contributed by atoms with van der Waals surface area (Å²) in [7, 11) is 1.44. The van der Waals surface area contributed by atoms with Gasteiger partial charge in [0.05, 0.1) is 5.56 Å². The number of nitrogens with zero attached hydrogens (tertiary/aromatic N) is 1. The van der Waals surface area contributed by atoms with E-state index in [1.165, 1.54) is 50.9 Å². The van der Waals surface area contributed by atoms with Crippen LogP contribution >= 0.6 is 0 Å². The number of urea groups is 1. The molecule has 1 atom stereocenters. The molecule has 1 saturated heterocycles. The van der Waals surface area contributed by atoms with Crippen LogP contribution in [0.2, 0.25) is 0 Å². The molecule has 1 aliphatic carbocycles. The standard InChI is InChI=1S/C18H25FN4O2/c1-20-17(24)15-10-12(6-7-16(15)19)21-18(25)22-13-8-9-23(11-13)14-4-2-3-5-14/h6-7,10,13-14H,2-5,8-9,11H2,1H3,(H,20,24)(H2,21,22,25)/t13-/m0/s1. The summed E-state index contributed by atoms with van der Waals surface area (Å²) in [5, 5.41) is 8.04. The van der Waals surface area contributed by atoms with E-state index in [1.807, 2.05) is 0 Å². The molecule has 1 aliphatic heterocycles. The first-order chi connectivity index (χ1) is 12.1. The number of hydrogen-bond acceptors (Lipinski definition) is 3. The van der Waals surface area contributed by atoms with E-state index in [1.54, 1.807) is 0 Å². The molecular formula is C18H25FN4O2. The van der Waals surface area contributed by atoms with Gasteiger partial charge in [-0.3, -0.25) is 9.69 Å². The zero-order valence-electron chi connectivity index (χ0n) is 14.5. The molecule has 136 valence electrons. The van der Waals surface area contributed by atoms with Crippen LogP contribution in [0.4, 0.5) is 14.9 Å². The van der Waals surface area contributed by atoms with E-state index >= 15 is 0 Å². The highest BCUT2D eigenvalue weighted by molar-refractivity contribution is 5.97. The van der Waals surface area contributed by atoms with E-state index in [-0.39, 0.29) is 17.6 Å². The predicted molar refractivity (Wildman–Crippen MR) is 94.2 cm³/mol. The molecule has 7 heteroatoms. The SMILES string of the molecule is CNC(=O)c1cc(NC(=O)N[C@H]2CCN(C3CCCC3)C2)ccc1F. The smallest absolute Gasteiger partial charge is 0.319 e. The lowest BCUT2D eigenvalue weighted by molar-refractivity contribution is 0.0959. The van der Waals surface area contributed by atoms with Gasteiger partial charge in [0.15, 0.2) is 0 Å². The molecule has 1 saturated carbocycles. The number of hydrogen-bond donors (Lipinski definition) is 3. The Morgan fingerprint density at radius 1 is 1.20 bits per heavy atom. The van der Waals surface area contributed by atoms with Crippen LogP contribution in [0.15, 0.2) is 18.2 Å². The van der Waals surface area contributed by atoms with Crippen molar-refractivity contribution < 1.29 is 14.0 Å². The molecule has 0 radical (unpaired) electrons. The molecule has 25 heavy (non-hydrogen) atoms. The third-order valence-corrected chi connectivity index (χ3v) is 5.09. The minimum atomic E-state index is -0.617. The predicted octanol–water partition coefficient (Wildman–Crippen LogP) is 2.32. The van der Waals surface area contributed by atoms with E-state index < -0.39 is 11.7 Å². The average Bonchev–Trinajstić information content (AvgIpc) is 3.27. The van der Waals surface area contributed by atoms with Gasteiger partial charge in [0.25, 0.3) is 5.91 Å². The maximum absolute atomic E-state index is 13.7. The number of anilines is 1. The van der Waals surface area contributed by atoms with Crippen molar-refractivity contribution >= 4 is 17.6 Å². The van der Waals surface area contributed by atoms with Crippen molar-refractivity contribution in [3.63, 3.8) is 0 Å². The first kappa shape index (κ1) is 17.7. The summed E-state index contributed by atoms with van der Waals surface area (Å²) in [5.41, 5.74) is 0.303. The zero-order chi connectivity index (χ0) is 17.8. The maximum Gasteiger partial charge on any atom is 0.319 e. The van der Waals surface area contributed by atoms with Crippen molar-refractivity contribution in [1.29, 1.82) is 0 Å². The Hall–Kier alpha value is -2.15. The van der Waals surface area contributed by atoms with Crippen molar-refractivity contribution in [3.8, 4) is 0 Å². The van der Waals surface area contributed by atoms with E-state index in [0.29, 0.717) is 11.7 Å². The molecule has 2 aliphatic rings. The molecule has 3 N–H and O–H groups in total. The third kappa shape index (κ3) is 4.28. The van der Waals surface area contributed by atoms with Crippen LogP contribution in [0.1, 0.15) is 42.5 Å². The Kier molecular flexibility index (Phi) is 5.53. The van der Waals surface area contributed by atoms with Crippen LogP contribution < -0.4 is 16.0 Å². The Labute approximate surface area is 147 Å². The van der Waals surface area contributed by atoms with E-state index in [4.69, 9.17) is 0 Å². The van der Waals surface area contributed by atoms with Crippen LogP contribution in [0, 0.1) is 5.82 Å². The summed E-state index contributed by atoms with van der Waals surface area (Å²) in [6.07, 6.45) is 6.07. The Bertz CT molecular complexity index is 646. The lowest BCUT2D eigenvalue weighted by atomic mass is 10.1. The second-order valence-corrected chi connectivity index (χ2v) is 6.79. The van der Waals surface area contributed by atoms with Gasteiger partial charge in [0.1, 0.15) is 5.82 Å². The fourth-order valence-corrected chi connectivity index (χ4v) is 3.77. The number of halogens is 1. The first-order valence-corrected chi connectivity index (χ1v) is 8.90. The van der Waals surface area contributed by atoms with Crippen molar-refractivity contribution in [3.05, 3.63) is 29.6 Å². The number of amides is 3. The molecule has 0 aromatic heterocycles. The topological polar surface area (TPSA) is 73.5 Å². The molecular weight excluding hydrogens is 323 g/mol. The number of benzene rings is 1. The van der Waals surface area contributed by atoms with Crippen LogP contribution in [-0.2, 0) is 0 Å². The molecule has 1 aromatic carbocycles. The number of carbonyl (C=O) groups is 2. The molecule has 3 rings (SSSR count). The lowest BCUT2D eigenvalue weighted by Gasteiger charge is -2.23. The highest BCUT2D eigenvalue weighted by Crippen LogP contribution is 2.26. The fourth-order valence-electron chi connectivity index (χ4n) is 3.77. The Morgan fingerprint density at radius 2 is 1.96 bits per heavy atom. The highest BCUT2D eigenvalue weighted by atomic mass is 19.1. The Morgan fingerprint density at radius 3 is 2.68 bits per heavy atom. The lowest BCUT2D eigenvalue weighted by Crippen LogP contribution is -2.41. The zero-order valence-corrected chi connectivity index (χ0v) is 14.5. The van der Waals surface area contributed by atoms with Crippen molar-refractivity contribution in [2.45, 2.75) is 44.2 Å². The summed E-state index contributed by atoms with van der Waals surface area (Å²) in [6.45, 7) is 1.90. The van der Waals surface area contributed by atoms with Crippen LogP contribution in [0.25, 0.3) is 0 Å². The molecule has 1 heterocycles. The highest BCUT2D eigenvalue weighted by Gasteiger charge is 2.30. The summed E-state index contributed by atoms with van der Waals surface area (Å²) in [4.78, 5) is 26.3. The quantitative estimate of drug-likeness (QED) is 0.782. The molecule has 0 unspecified atom stereocenters. The fraction of sp³-hybridized carbons (Fsp3) is 0.556. The van der Waals surface area contributed by atoms with Gasteiger partial charge in [0.2, 0.25) is 0 Å². The van der Waals surface area contributed by atoms with Gasteiger partial charge in [-0.05, 0) is 37.5 Å². The van der Waals surface area contributed by atoms with E-state index in [2.05, 4.69) is 20.9 Å². The molecule has 2 fully saturated rings. The van der Waals surface area contributed by atoms with Gasteiger partial charge in [0, 0.05) is 37.9 Å². The number of likely N-dealkylation sites (tertiary alicyclic amines) is 1. The van der Waals surface area contributed by atoms with Gasteiger partial charge >= 0.3 is 6.03 Å². The second-order valence-electron chi connectivity index (χ2n) is 6.79. The van der Waals surface area contributed by atoms with Gasteiger partial charge in [-0.2, -0.15) is 0 Å². The molecule has 6 nitrogen and oxygen atoms in total. The summed E-state index contributed by atoms with van der Waals surface area (Å²) in [6, 6.07) is 4.43. The van der Waals surface area contributed by atoms with E-state index in [9.17, 15) is 14.0 Å².